The molecule has 0 aliphatic carbocycles. The normalized spacial score (nSPS) is 15.1. The third kappa shape index (κ3) is 7.66. The number of alkyl halides is 4. The van der Waals surface area contributed by atoms with Crippen LogP contribution in [0.1, 0.15) is 47.5 Å². The molecule has 0 heterocycles. The Balaban J connectivity index is 5.25. The molecule has 6 nitrogen and oxygen atoms in total. The highest BCUT2D eigenvalue weighted by molar-refractivity contribution is 5.87. The van der Waals surface area contributed by atoms with E-state index in [0.717, 1.165) is 13.8 Å². The molecule has 0 rings (SSSR count). The van der Waals surface area contributed by atoms with Crippen molar-refractivity contribution >= 4 is 17.9 Å². The van der Waals surface area contributed by atoms with Gasteiger partial charge in [-0.15, -0.1) is 0 Å². The number of carbonyl (C=O) groups is 3. The Morgan fingerprint density at radius 1 is 0.862 bits per heavy atom. The lowest BCUT2D eigenvalue weighted by Gasteiger charge is -2.25. The molecular formula is C19H28F4O6. The summed E-state index contributed by atoms with van der Waals surface area (Å²) in [6.07, 6.45) is -1.75. The number of hydrogen-bond donors (Lipinski definition) is 0. The molecule has 0 aliphatic rings. The number of carbonyl (C=O) groups excluding carboxylic acids is 3. The lowest BCUT2D eigenvalue weighted by Crippen LogP contribution is -2.43. The third-order valence-corrected chi connectivity index (χ3v) is 4.43. The van der Waals surface area contributed by atoms with Gasteiger partial charge in [-0.2, -0.15) is 17.6 Å². The first-order valence-corrected chi connectivity index (χ1v) is 9.18. The first-order valence-electron chi connectivity index (χ1n) is 9.18. The number of ether oxygens (including phenoxy) is 3. The minimum Gasteiger partial charge on any atom is -0.458 e. The number of halogens is 4. The molecule has 0 fully saturated rings. The second kappa shape index (κ2) is 11.2. The van der Waals surface area contributed by atoms with Gasteiger partial charge in [0.2, 0.25) is 0 Å². The van der Waals surface area contributed by atoms with Crippen LogP contribution < -0.4 is 0 Å². The van der Waals surface area contributed by atoms with Crippen molar-refractivity contribution in [3.8, 4) is 0 Å². The van der Waals surface area contributed by atoms with Crippen LogP contribution in [0, 0.1) is 11.8 Å². The monoisotopic (exact) mass is 428 g/mol. The van der Waals surface area contributed by atoms with Gasteiger partial charge in [0.05, 0.1) is 0 Å². The summed E-state index contributed by atoms with van der Waals surface area (Å²) in [4.78, 5) is 35.0. The zero-order valence-corrected chi connectivity index (χ0v) is 17.2. The molecule has 0 aromatic carbocycles. The van der Waals surface area contributed by atoms with Crippen LogP contribution >= 0.6 is 0 Å². The largest absolute Gasteiger partial charge is 0.458 e. The molecule has 0 aromatic heterocycles. The minimum absolute atomic E-state index is 0.0160. The van der Waals surface area contributed by atoms with E-state index in [4.69, 9.17) is 4.74 Å². The lowest BCUT2D eigenvalue weighted by atomic mass is 10.0. The highest BCUT2D eigenvalue weighted by Crippen LogP contribution is 2.30. The van der Waals surface area contributed by atoms with Gasteiger partial charge in [-0.25, -0.2) is 14.4 Å². The van der Waals surface area contributed by atoms with Crippen molar-refractivity contribution in [1.82, 2.24) is 0 Å². The Hall–Kier alpha value is -2.13. The molecule has 0 aromatic rings. The van der Waals surface area contributed by atoms with E-state index in [2.05, 4.69) is 16.1 Å². The van der Waals surface area contributed by atoms with E-state index in [-0.39, 0.29) is 18.4 Å². The quantitative estimate of drug-likeness (QED) is 0.203. The lowest BCUT2D eigenvalue weighted by molar-refractivity contribution is -0.198. The summed E-state index contributed by atoms with van der Waals surface area (Å²) in [7, 11) is 0. The first-order chi connectivity index (χ1) is 13.2. The Bertz CT molecular complexity index is 606. The summed E-state index contributed by atoms with van der Waals surface area (Å²) >= 11 is 0. The molecule has 3 unspecified atom stereocenters. The van der Waals surface area contributed by atoms with Gasteiger partial charge >= 0.3 is 29.8 Å². The summed E-state index contributed by atoms with van der Waals surface area (Å²) in [5.74, 6) is -15.1. The fourth-order valence-corrected chi connectivity index (χ4v) is 1.82. The number of esters is 3. The number of hydrogen-bond acceptors (Lipinski definition) is 6. The maximum atomic E-state index is 14.0. The maximum Gasteiger partial charge on any atom is 0.377 e. The van der Waals surface area contributed by atoms with Crippen LogP contribution in [0.5, 0.6) is 0 Å². The van der Waals surface area contributed by atoms with Crippen LogP contribution in [0.2, 0.25) is 0 Å². The van der Waals surface area contributed by atoms with Crippen LogP contribution in [0.3, 0.4) is 0 Å². The topological polar surface area (TPSA) is 78.9 Å². The van der Waals surface area contributed by atoms with E-state index in [0.29, 0.717) is 0 Å². The molecule has 0 N–H and O–H groups in total. The van der Waals surface area contributed by atoms with Crippen molar-refractivity contribution in [3.63, 3.8) is 0 Å². The van der Waals surface area contributed by atoms with Gasteiger partial charge in [-0.3, -0.25) is 0 Å². The predicted molar refractivity (Wildman–Crippen MR) is 95.4 cm³/mol. The summed E-state index contributed by atoms with van der Waals surface area (Å²) in [5.41, 5.74) is -0.0275. The Morgan fingerprint density at radius 2 is 1.28 bits per heavy atom. The fraction of sp³-hybridized carbons (Fsp3) is 0.737. The molecule has 0 spiro atoms. The number of rotatable bonds is 12. The smallest absolute Gasteiger partial charge is 0.377 e. The average Bonchev–Trinajstić information content (AvgIpc) is 2.67. The van der Waals surface area contributed by atoms with Gasteiger partial charge in [0.1, 0.15) is 13.2 Å². The zero-order valence-electron chi connectivity index (χ0n) is 17.2. The van der Waals surface area contributed by atoms with Gasteiger partial charge in [0.25, 0.3) is 0 Å². The Morgan fingerprint density at radius 3 is 1.69 bits per heavy atom. The summed E-state index contributed by atoms with van der Waals surface area (Å²) < 4.78 is 69.6. The summed E-state index contributed by atoms with van der Waals surface area (Å²) in [5, 5.41) is 0. The van der Waals surface area contributed by atoms with Crippen LogP contribution in [-0.4, -0.2) is 49.1 Å². The SMILES string of the molecule is C=C(C)C(=O)OCC(COC(=O)C(F)(F)C(C)CC)OC(=O)C(F)(F)C(C)CC. The van der Waals surface area contributed by atoms with Gasteiger partial charge < -0.3 is 14.2 Å². The summed E-state index contributed by atoms with van der Waals surface area (Å²) in [6, 6.07) is 0. The van der Waals surface area contributed by atoms with Gasteiger partial charge in [0.15, 0.2) is 6.10 Å². The highest BCUT2D eigenvalue weighted by Gasteiger charge is 2.48. The molecule has 0 saturated heterocycles. The minimum atomic E-state index is -3.87. The van der Waals surface area contributed by atoms with Crippen LogP contribution in [0.15, 0.2) is 12.2 Å². The predicted octanol–water partition coefficient (Wildman–Crippen LogP) is 3.92. The fourth-order valence-electron chi connectivity index (χ4n) is 1.82. The zero-order chi connectivity index (χ0) is 23.0. The molecule has 0 bridgehead atoms. The maximum absolute atomic E-state index is 14.0. The molecule has 29 heavy (non-hydrogen) atoms. The van der Waals surface area contributed by atoms with E-state index < -0.39 is 60.9 Å². The van der Waals surface area contributed by atoms with E-state index in [9.17, 15) is 31.9 Å². The van der Waals surface area contributed by atoms with E-state index in [1.165, 1.54) is 20.8 Å². The molecule has 0 aliphatic heterocycles. The molecule has 168 valence electrons. The highest BCUT2D eigenvalue weighted by atomic mass is 19.3. The van der Waals surface area contributed by atoms with Crippen molar-refractivity contribution in [3.05, 3.63) is 12.2 Å². The first kappa shape index (κ1) is 26.9. The van der Waals surface area contributed by atoms with E-state index in [1.54, 1.807) is 0 Å². The van der Waals surface area contributed by atoms with Gasteiger partial charge in [-0.05, 0) is 19.8 Å². The molecule has 3 atom stereocenters. The van der Waals surface area contributed by atoms with E-state index >= 15 is 0 Å². The van der Waals surface area contributed by atoms with Crippen molar-refractivity contribution < 1.29 is 46.2 Å². The van der Waals surface area contributed by atoms with E-state index in [1.807, 2.05) is 0 Å². The molecule has 0 radical (unpaired) electrons. The third-order valence-electron chi connectivity index (χ3n) is 4.43. The standard InChI is InChI=1S/C19H28F4O6/c1-7-12(5)18(20,21)16(25)28-10-14(9-27-15(24)11(3)4)29-17(26)19(22,23)13(6)8-2/h12-14H,3,7-10H2,1-2,4-6H3. The van der Waals surface area contributed by atoms with Gasteiger partial charge in [0, 0.05) is 17.4 Å². The molecule has 0 amide bonds. The van der Waals surface area contributed by atoms with Crippen LogP contribution in [0.4, 0.5) is 17.6 Å². The molecular weight excluding hydrogens is 400 g/mol. The van der Waals surface area contributed by atoms with Crippen molar-refractivity contribution in [2.45, 2.75) is 65.4 Å². The van der Waals surface area contributed by atoms with Crippen molar-refractivity contribution in [2.75, 3.05) is 13.2 Å². The second-order valence-electron chi connectivity index (χ2n) is 6.87. The van der Waals surface area contributed by atoms with Crippen LogP contribution in [-0.2, 0) is 28.6 Å². The average molecular weight is 428 g/mol. The molecule has 10 heteroatoms. The summed E-state index contributed by atoms with van der Waals surface area (Å²) in [6.45, 7) is 8.02. The van der Waals surface area contributed by atoms with Crippen LogP contribution in [0.25, 0.3) is 0 Å². The Kier molecular flexibility index (Phi) is 10.3. The van der Waals surface area contributed by atoms with Gasteiger partial charge in [-0.1, -0.05) is 34.3 Å². The Labute approximate surface area is 167 Å². The molecule has 0 saturated carbocycles. The van der Waals surface area contributed by atoms with Crippen molar-refractivity contribution in [2.24, 2.45) is 11.8 Å². The van der Waals surface area contributed by atoms with Crippen molar-refractivity contribution in [1.29, 1.82) is 0 Å². The second-order valence-corrected chi connectivity index (χ2v) is 6.87.